The zero-order valence-corrected chi connectivity index (χ0v) is 12.0. The highest BCUT2D eigenvalue weighted by Crippen LogP contribution is 2.25. The molecule has 4 nitrogen and oxygen atoms in total. The van der Waals surface area contributed by atoms with Gasteiger partial charge in [-0.2, -0.15) is 0 Å². The second-order valence-corrected chi connectivity index (χ2v) is 5.85. The molecule has 0 unspecified atom stereocenters. The quantitative estimate of drug-likeness (QED) is 0.633. The molecule has 1 aromatic carbocycles. The van der Waals surface area contributed by atoms with Crippen LogP contribution in [0.4, 0.5) is 5.69 Å². The van der Waals surface area contributed by atoms with E-state index >= 15 is 0 Å². The zero-order valence-electron chi connectivity index (χ0n) is 10.4. The van der Waals surface area contributed by atoms with E-state index in [9.17, 15) is 10.1 Å². The van der Waals surface area contributed by atoms with Gasteiger partial charge in [-0.1, -0.05) is 22.9 Å². The number of piperidine rings is 1. The molecule has 0 N–H and O–H groups in total. The van der Waals surface area contributed by atoms with Crippen molar-refractivity contribution in [1.29, 1.82) is 0 Å². The Morgan fingerprint density at radius 2 is 2.11 bits per heavy atom. The second kappa shape index (κ2) is 5.80. The smallest absolute Gasteiger partial charge is 0.270 e. The molecule has 1 aliphatic heterocycles. The summed E-state index contributed by atoms with van der Waals surface area (Å²) in [5.41, 5.74) is 1.26. The van der Waals surface area contributed by atoms with Crippen molar-refractivity contribution < 1.29 is 4.92 Å². The van der Waals surface area contributed by atoms with Crippen molar-refractivity contribution in [3.8, 4) is 0 Å². The van der Waals surface area contributed by atoms with Crippen molar-refractivity contribution >= 4 is 21.6 Å². The van der Waals surface area contributed by atoms with Gasteiger partial charge in [0.25, 0.3) is 5.69 Å². The largest absolute Gasteiger partial charge is 0.299 e. The molecular formula is C13H17BrN2O2. The van der Waals surface area contributed by atoms with E-state index in [2.05, 4.69) is 27.8 Å². The molecule has 1 saturated heterocycles. The van der Waals surface area contributed by atoms with Gasteiger partial charge in [0.2, 0.25) is 0 Å². The van der Waals surface area contributed by atoms with Gasteiger partial charge in [0.05, 0.1) is 4.92 Å². The summed E-state index contributed by atoms with van der Waals surface area (Å²) in [5.74, 6) is 0.821. The average molecular weight is 313 g/mol. The first kappa shape index (κ1) is 13.5. The Morgan fingerprint density at radius 1 is 1.44 bits per heavy atom. The summed E-state index contributed by atoms with van der Waals surface area (Å²) in [4.78, 5) is 12.7. The maximum atomic E-state index is 10.7. The highest BCUT2D eigenvalue weighted by molar-refractivity contribution is 9.10. The molecule has 0 bridgehead atoms. The van der Waals surface area contributed by atoms with E-state index in [0.29, 0.717) is 0 Å². The van der Waals surface area contributed by atoms with Gasteiger partial charge in [-0.25, -0.2) is 0 Å². The summed E-state index contributed by atoms with van der Waals surface area (Å²) in [6, 6.07) is 5.01. The maximum Gasteiger partial charge on any atom is 0.270 e. The van der Waals surface area contributed by atoms with E-state index in [-0.39, 0.29) is 10.6 Å². The van der Waals surface area contributed by atoms with E-state index in [1.807, 2.05) is 6.07 Å². The number of hydrogen-bond donors (Lipinski definition) is 0. The van der Waals surface area contributed by atoms with Crippen LogP contribution in [0.1, 0.15) is 25.3 Å². The van der Waals surface area contributed by atoms with Gasteiger partial charge in [-0.05, 0) is 43.5 Å². The van der Waals surface area contributed by atoms with Crippen LogP contribution >= 0.6 is 15.9 Å². The number of rotatable bonds is 3. The van der Waals surface area contributed by atoms with E-state index in [1.165, 1.54) is 12.8 Å². The number of hydrogen-bond acceptors (Lipinski definition) is 3. The van der Waals surface area contributed by atoms with E-state index in [4.69, 9.17) is 0 Å². The molecule has 0 atom stereocenters. The van der Waals surface area contributed by atoms with Crippen LogP contribution in [0.3, 0.4) is 0 Å². The maximum absolute atomic E-state index is 10.7. The molecule has 5 heteroatoms. The monoisotopic (exact) mass is 312 g/mol. The lowest BCUT2D eigenvalue weighted by atomic mass is 9.99. The lowest BCUT2D eigenvalue weighted by molar-refractivity contribution is -0.384. The molecular weight excluding hydrogens is 296 g/mol. The van der Waals surface area contributed by atoms with E-state index < -0.39 is 0 Å². The normalized spacial score (nSPS) is 17.9. The Balaban J connectivity index is 2.03. The highest BCUT2D eigenvalue weighted by Gasteiger charge is 2.17. The Hall–Kier alpha value is -0.940. The molecule has 0 saturated carbocycles. The van der Waals surface area contributed by atoms with Crippen LogP contribution in [0.25, 0.3) is 0 Å². The van der Waals surface area contributed by atoms with Gasteiger partial charge in [-0.3, -0.25) is 15.0 Å². The Morgan fingerprint density at radius 3 is 2.67 bits per heavy atom. The predicted octanol–water partition coefficient (Wildman–Crippen LogP) is 3.59. The molecule has 0 aromatic heterocycles. The topological polar surface area (TPSA) is 46.4 Å². The number of nitrogens with zero attached hydrogens (tertiary/aromatic N) is 2. The summed E-state index contributed by atoms with van der Waals surface area (Å²) in [6.45, 7) is 5.39. The van der Waals surface area contributed by atoms with Crippen molar-refractivity contribution in [2.75, 3.05) is 13.1 Å². The van der Waals surface area contributed by atoms with Gasteiger partial charge in [0, 0.05) is 23.2 Å². The first-order chi connectivity index (χ1) is 8.56. The molecule has 0 spiro atoms. The average Bonchev–Trinajstić information content (AvgIpc) is 2.34. The molecule has 98 valence electrons. The number of benzene rings is 1. The predicted molar refractivity (Wildman–Crippen MR) is 74.5 cm³/mol. The van der Waals surface area contributed by atoms with Crippen LogP contribution in [0.2, 0.25) is 0 Å². The molecule has 0 radical (unpaired) electrons. The molecule has 1 aliphatic rings. The SMILES string of the molecule is CC1CCN(Cc2ccc([N+](=O)[O-])cc2Br)CC1. The summed E-state index contributed by atoms with van der Waals surface area (Å²) >= 11 is 3.42. The van der Waals surface area contributed by atoms with Crippen LogP contribution in [0.5, 0.6) is 0 Å². The lowest BCUT2D eigenvalue weighted by Crippen LogP contribution is -2.32. The summed E-state index contributed by atoms with van der Waals surface area (Å²) in [6.07, 6.45) is 2.48. The number of nitro benzene ring substituents is 1. The first-order valence-corrected chi connectivity index (χ1v) is 7.00. The van der Waals surface area contributed by atoms with Crippen molar-refractivity contribution in [3.63, 3.8) is 0 Å². The van der Waals surface area contributed by atoms with Gasteiger partial charge in [0.1, 0.15) is 0 Å². The fourth-order valence-corrected chi connectivity index (χ4v) is 2.73. The van der Waals surface area contributed by atoms with Crippen LogP contribution in [0, 0.1) is 16.0 Å². The molecule has 2 rings (SSSR count). The zero-order chi connectivity index (χ0) is 13.1. The third-order valence-electron chi connectivity index (χ3n) is 3.52. The van der Waals surface area contributed by atoms with Crippen molar-refractivity contribution in [1.82, 2.24) is 4.90 Å². The van der Waals surface area contributed by atoms with Gasteiger partial charge >= 0.3 is 0 Å². The highest BCUT2D eigenvalue weighted by atomic mass is 79.9. The first-order valence-electron chi connectivity index (χ1n) is 6.21. The number of halogens is 1. The van der Waals surface area contributed by atoms with Crippen molar-refractivity contribution in [2.24, 2.45) is 5.92 Å². The summed E-state index contributed by atoms with van der Waals surface area (Å²) in [5, 5.41) is 10.7. The molecule has 1 fully saturated rings. The number of non-ortho nitro benzene ring substituents is 1. The minimum Gasteiger partial charge on any atom is -0.299 e. The van der Waals surface area contributed by atoms with Gasteiger partial charge in [-0.15, -0.1) is 0 Å². The summed E-state index contributed by atoms with van der Waals surface area (Å²) in [7, 11) is 0. The molecule has 0 amide bonds. The molecule has 1 heterocycles. The standard InChI is InChI=1S/C13H17BrN2O2/c1-10-4-6-15(7-5-10)9-11-2-3-12(16(17)18)8-13(11)14/h2-3,8,10H,4-7,9H2,1H3. The Kier molecular flexibility index (Phi) is 4.35. The van der Waals surface area contributed by atoms with Gasteiger partial charge < -0.3 is 0 Å². The minimum atomic E-state index is -0.364. The van der Waals surface area contributed by atoms with Crippen LogP contribution < -0.4 is 0 Å². The third-order valence-corrected chi connectivity index (χ3v) is 4.26. The second-order valence-electron chi connectivity index (χ2n) is 4.99. The van der Waals surface area contributed by atoms with Gasteiger partial charge in [0.15, 0.2) is 0 Å². The molecule has 18 heavy (non-hydrogen) atoms. The van der Waals surface area contributed by atoms with Crippen LogP contribution in [-0.4, -0.2) is 22.9 Å². The van der Waals surface area contributed by atoms with Crippen molar-refractivity contribution in [2.45, 2.75) is 26.3 Å². The Bertz CT molecular complexity index is 443. The van der Waals surface area contributed by atoms with E-state index in [0.717, 1.165) is 35.6 Å². The molecule has 1 aromatic rings. The van der Waals surface area contributed by atoms with Crippen LogP contribution in [0.15, 0.2) is 22.7 Å². The molecule has 0 aliphatic carbocycles. The Labute approximate surface area is 115 Å². The fraction of sp³-hybridized carbons (Fsp3) is 0.538. The van der Waals surface area contributed by atoms with Crippen molar-refractivity contribution in [3.05, 3.63) is 38.3 Å². The van der Waals surface area contributed by atoms with Crippen LogP contribution in [-0.2, 0) is 6.54 Å². The number of likely N-dealkylation sites (tertiary alicyclic amines) is 1. The fourth-order valence-electron chi connectivity index (χ4n) is 2.24. The number of nitro groups is 1. The third kappa shape index (κ3) is 3.29. The minimum absolute atomic E-state index is 0.137. The lowest BCUT2D eigenvalue weighted by Gasteiger charge is -2.30. The summed E-state index contributed by atoms with van der Waals surface area (Å²) < 4.78 is 0.829. The van der Waals surface area contributed by atoms with E-state index in [1.54, 1.807) is 12.1 Å².